The van der Waals surface area contributed by atoms with E-state index in [9.17, 15) is 33.6 Å². The Morgan fingerprint density at radius 3 is 1.15 bits per heavy atom. The summed E-state index contributed by atoms with van der Waals surface area (Å²) in [5.41, 5.74) is -0.824. The summed E-state index contributed by atoms with van der Waals surface area (Å²) in [6.45, 7) is 29.3. The van der Waals surface area contributed by atoms with Crippen LogP contribution < -0.4 is 5.32 Å². The van der Waals surface area contributed by atoms with Gasteiger partial charge in [-0.1, -0.05) is 43.9 Å². The average molecular weight is 1440 g/mol. The van der Waals surface area contributed by atoms with Crippen LogP contribution in [-0.2, 0) is 75.6 Å². The van der Waals surface area contributed by atoms with Gasteiger partial charge >= 0.3 is 18.2 Å². The van der Waals surface area contributed by atoms with Gasteiger partial charge in [0.05, 0.1) is 0 Å². The molecule has 0 aromatic heterocycles. The number of nitrogens with one attached hydrogen (secondary N) is 1. The number of allylic oxidation sites excluding steroid dienone is 7. The summed E-state index contributed by atoms with van der Waals surface area (Å²) in [4.78, 5) is 82.2. The zero-order chi connectivity index (χ0) is 56.5. The molecule has 5 fully saturated rings. The van der Waals surface area contributed by atoms with Crippen LogP contribution in [0, 0.1) is 41.4 Å². The molecule has 0 bridgehead atoms. The van der Waals surface area contributed by atoms with Crippen LogP contribution in [0.3, 0.4) is 0 Å². The van der Waals surface area contributed by atoms with Crippen molar-refractivity contribution in [2.45, 2.75) is 191 Å². The van der Waals surface area contributed by atoms with Gasteiger partial charge in [-0.05, 0) is 241 Å². The Kier molecular flexibility index (Phi) is 50.7. The SMILES string of the molecule is C.CC#CC.CC(=O)/C=C/CC1CCN([C-]=O)CC1.CC(C)(C)OC(=O)N1CCC(CC=O)CC1.CC=CCC1CCN(C(=O)OC(C)(C)C)CC1.CC=CCC1CCNCC1.O=[C-]N1CCC(C/C=C/C(=O)O)CC1.[HH].[W].[W]. The molecule has 78 heavy (non-hydrogen) atoms. The summed E-state index contributed by atoms with van der Waals surface area (Å²) < 4.78 is 10.7. The van der Waals surface area contributed by atoms with E-state index < -0.39 is 11.6 Å². The van der Waals surface area contributed by atoms with Gasteiger partial charge in [0.1, 0.15) is 17.5 Å². The number of carbonyl (C=O) groups excluding carboxylic acids is 6. The van der Waals surface area contributed by atoms with Crippen LogP contribution in [0.5, 0.6) is 0 Å². The van der Waals surface area contributed by atoms with Crippen LogP contribution >= 0.6 is 0 Å². The fourth-order valence-corrected chi connectivity index (χ4v) is 8.57. The van der Waals surface area contributed by atoms with E-state index in [4.69, 9.17) is 14.6 Å². The monoisotopic (exact) mass is 1440 g/mol. The third-order valence-electron chi connectivity index (χ3n) is 13.1. The second kappa shape index (κ2) is 49.0. The van der Waals surface area contributed by atoms with Crippen molar-refractivity contribution < 1.29 is 91.7 Å². The zero-order valence-electron chi connectivity index (χ0n) is 49.0. The van der Waals surface area contributed by atoms with E-state index >= 15 is 0 Å². The van der Waals surface area contributed by atoms with Crippen LogP contribution in [0.25, 0.3) is 0 Å². The van der Waals surface area contributed by atoms with Crippen molar-refractivity contribution >= 4 is 43.0 Å². The minimum Gasteiger partial charge on any atom is -0.520 e. The van der Waals surface area contributed by atoms with Crippen LogP contribution in [0.2, 0.25) is 0 Å². The fraction of sp³-hybridized carbons (Fsp3) is 0.721. The summed E-state index contributed by atoms with van der Waals surface area (Å²) in [6.07, 6.45) is 35.0. The number of carboxylic acid groups (broad SMARTS) is 1. The van der Waals surface area contributed by atoms with E-state index in [-0.39, 0.29) is 74.6 Å². The Bertz CT molecular complexity index is 1730. The van der Waals surface area contributed by atoms with Crippen molar-refractivity contribution in [1.29, 1.82) is 0 Å². The third kappa shape index (κ3) is 44.9. The maximum atomic E-state index is 11.8. The molecule has 0 aromatic carbocycles. The van der Waals surface area contributed by atoms with Crippen molar-refractivity contribution in [3.63, 3.8) is 0 Å². The number of ether oxygens (including phenoxy) is 2. The van der Waals surface area contributed by atoms with E-state index in [1.54, 1.807) is 33.8 Å². The molecule has 15 nitrogen and oxygen atoms in total. The normalized spacial score (nSPS) is 17.6. The molecule has 2 N–H and O–H groups in total. The van der Waals surface area contributed by atoms with Gasteiger partial charge < -0.3 is 53.9 Å². The molecule has 5 rings (SSSR count). The predicted molar refractivity (Wildman–Crippen MR) is 310 cm³/mol. The van der Waals surface area contributed by atoms with Gasteiger partial charge in [0.25, 0.3) is 0 Å². The van der Waals surface area contributed by atoms with Gasteiger partial charge in [-0.3, -0.25) is 4.79 Å². The first-order valence-electron chi connectivity index (χ1n) is 27.6. The number of aliphatic carboxylic acids is 1. The smallest absolute Gasteiger partial charge is 0.410 e. The molecular formula is C61H105N5O10W2-2. The van der Waals surface area contributed by atoms with Gasteiger partial charge in [-0.2, -0.15) is 12.8 Å². The fourth-order valence-electron chi connectivity index (χ4n) is 8.57. The van der Waals surface area contributed by atoms with Crippen LogP contribution in [0.1, 0.15) is 181 Å². The number of nitrogens with zero attached hydrogens (tertiary/aromatic N) is 4. The number of hydrogen-bond acceptors (Lipinski definition) is 10. The molecule has 0 saturated carbocycles. The number of ketones is 1. The topological polar surface area (TPSA) is 183 Å². The van der Waals surface area contributed by atoms with Gasteiger partial charge in [-0.25, -0.2) is 14.4 Å². The number of aldehydes is 1. The van der Waals surface area contributed by atoms with Gasteiger partial charge in [0.15, 0.2) is 5.78 Å². The number of likely N-dealkylation sites (tertiary alicyclic amines) is 4. The minimum atomic E-state index is -0.899. The minimum absolute atomic E-state index is 0. The summed E-state index contributed by atoms with van der Waals surface area (Å²) in [5.74, 6) is 7.82. The maximum Gasteiger partial charge on any atom is 0.410 e. The van der Waals surface area contributed by atoms with Crippen LogP contribution in [0.4, 0.5) is 9.59 Å². The van der Waals surface area contributed by atoms with E-state index in [2.05, 4.69) is 55.3 Å². The average Bonchev–Trinajstić information content (AvgIpc) is 3.38. The molecule has 5 aliphatic rings. The maximum absolute atomic E-state index is 11.8. The molecule has 0 atom stereocenters. The standard InChI is InChI=1S/C14H25NO2.C12H21NO3.C11H16NO2.C10H14NO3.C9H17N.C4H6.CH4.2W.H2/c1-5-6-7-12-8-10-15(11-9-12)13(16)17-14(2,3)4;1-12(2,3)16-11(15)13-7-4-10(5-8-13)6-9-14;1-10(14)3-2-4-11-5-7-12(9-13)8-6-11;12-8-11-6-4-9(5-7-11)2-1-3-10(13)14;1-2-3-4-9-5-7-10-8-6-9;1-3-4-2;;;;/h5-6,12H,7-11H2,1-4H3;9-10H,4-8H2,1-3H3;2-3,11H,4-8H2,1H3;1,3,9H,2,4-7H2,(H,13,14);2-3,9-10H,4-8H2,1H3;1-2H3;1H4;;;1H/q;;2*-1;;;;;;/b;;3-2+;3-1+;;;;;;. The first kappa shape index (κ1) is 80.6. The van der Waals surface area contributed by atoms with Crippen LogP contribution in [0.15, 0.2) is 48.6 Å². The molecule has 0 aromatic rings. The van der Waals surface area contributed by atoms with Gasteiger partial charge in [-0.15, -0.1) is 11.8 Å². The Hall–Kier alpha value is -3.85. The number of carbonyl (C=O) groups is 5. The summed E-state index contributed by atoms with van der Waals surface area (Å²) >= 11 is 0. The van der Waals surface area contributed by atoms with E-state index in [0.29, 0.717) is 37.3 Å². The van der Waals surface area contributed by atoms with Crippen molar-refractivity contribution in [1.82, 2.24) is 24.9 Å². The molecule has 5 aliphatic heterocycles. The molecule has 0 aliphatic carbocycles. The number of amides is 4. The zero-order valence-corrected chi connectivity index (χ0v) is 54.9. The number of carboxylic acids is 1. The molecular weight excluding hydrogens is 1330 g/mol. The summed E-state index contributed by atoms with van der Waals surface area (Å²) in [5, 5.41) is 11.7. The van der Waals surface area contributed by atoms with Crippen molar-refractivity contribution in [2.75, 3.05) is 65.4 Å². The summed E-state index contributed by atoms with van der Waals surface area (Å²) in [7, 11) is 0. The van der Waals surface area contributed by atoms with E-state index in [1.165, 1.54) is 38.4 Å². The molecule has 448 valence electrons. The first-order chi connectivity index (χ1) is 35.6. The van der Waals surface area contributed by atoms with Crippen molar-refractivity contribution in [2.24, 2.45) is 29.6 Å². The quantitative estimate of drug-likeness (QED) is 0.0555. The van der Waals surface area contributed by atoms with Gasteiger partial charge in [0.2, 0.25) is 0 Å². The molecule has 5 heterocycles. The third-order valence-corrected chi connectivity index (χ3v) is 13.1. The predicted octanol–water partition coefficient (Wildman–Crippen LogP) is 11.8. The molecule has 17 heteroatoms. The van der Waals surface area contributed by atoms with Crippen LogP contribution in [-0.4, -0.2) is 144 Å². The van der Waals surface area contributed by atoms with Crippen molar-refractivity contribution in [3.05, 3.63) is 48.6 Å². The number of hydrogen-bond donors (Lipinski definition) is 2. The molecule has 5 saturated heterocycles. The first-order valence-corrected chi connectivity index (χ1v) is 27.6. The summed E-state index contributed by atoms with van der Waals surface area (Å²) in [6, 6.07) is 0. The second-order valence-electron chi connectivity index (χ2n) is 21.8. The number of piperidine rings is 5. The Morgan fingerprint density at radius 1 is 0.564 bits per heavy atom. The molecule has 0 unspecified atom stereocenters. The van der Waals surface area contributed by atoms with E-state index in [1.807, 2.05) is 79.2 Å². The molecule has 4 amide bonds. The Morgan fingerprint density at radius 2 is 0.872 bits per heavy atom. The van der Waals surface area contributed by atoms with E-state index in [0.717, 1.165) is 128 Å². The largest absolute Gasteiger partial charge is 0.520 e. The molecule has 0 radical (unpaired) electrons. The van der Waals surface area contributed by atoms with Crippen molar-refractivity contribution in [3.8, 4) is 11.8 Å². The Balaban J connectivity index is -0.000000282. The number of rotatable bonds is 14. The molecule has 0 spiro atoms. The second-order valence-corrected chi connectivity index (χ2v) is 21.8. The Labute approximate surface area is 503 Å². The van der Waals surface area contributed by atoms with Gasteiger partial charge in [0, 0.05) is 82.2 Å².